The van der Waals surface area contributed by atoms with Crippen molar-refractivity contribution >= 4 is 46.4 Å². The lowest BCUT2D eigenvalue weighted by Gasteiger charge is -2.44. The van der Waals surface area contributed by atoms with E-state index in [1.807, 2.05) is 30.3 Å². The summed E-state index contributed by atoms with van der Waals surface area (Å²) in [6, 6.07) is 12.7. The molecule has 3 unspecified atom stereocenters. The molecule has 3 aliphatic heterocycles. The van der Waals surface area contributed by atoms with Gasteiger partial charge in [-0.05, 0) is 63.7 Å². The third-order valence-electron chi connectivity index (χ3n) is 8.23. The maximum absolute atomic E-state index is 16.2. The first-order valence-corrected chi connectivity index (χ1v) is 13.9. The summed E-state index contributed by atoms with van der Waals surface area (Å²) in [5.74, 6) is 0.773. The van der Waals surface area contributed by atoms with Crippen molar-refractivity contribution in [3.8, 4) is 0 Å². The Hall–Kier alpha value is -3.20. The molecule has 204 valence electrons. The van der Waals surface area contributed by atoms with Gasteiger partial charge < -0.3 is 25.1 Å². The second kappa shape index (κ2) is 10.4. The van der Waals surface area contributed by atoms with Crippen LogP contribution in [0.5, 0.6) is 0 Å². The smallest absolute Gasteiger partial charge is 0.228 e. The van der Waals surface area contributed by atoms with Gasteiger partial charge >= 0.3 is 0 Å². The molecular formula is C30H34ClFN6O. The summed E-state index contributed by atoms with van der Waals surface area (Å²) in [7, 11) is 4.13. The van der Waals surface area contributed by atoms with Crippen molar-refractivity contribution in [1.29, 1.82) is 0 Å². The van der Waals surface area contributed by atoms with Crippen molar-refractivity contribution in [1.82, 2.24) is 20.2 Å². The molecule has 3 atom stereocenters. The van der Waals surface area contributed by atoms with Gasteiger partial charge in [0.2, 0.25) is 5.95 Å². The van der Waals surface area contributed by atoms with Crippen molar-refractivity contribution in [2.45, 2.75) is 43.9 Å². The Morgan fingerprint density at radius 2 is 1.95 bits per heavy atom. The summed E-state index contributed by atoms with van der Waals surface area (Å²) in [6.45, 7) is 4.68. The third-order valence-corrected chi connectivity index (χ3v) is 8.55. The molecule has 0 amide bonds. The molecular weight excluding hydrogens is 515 g/mol. The third kappa shape index (κ3) is 4.97. The number of hydrogen-bond donors (Lipinski definition) is 2. The van der Waals surface area contributed by atoms with Crippen LogP contribution in [0.4, 0.5) is 16.2 Å². The Kier molecular flexibility index (Phi) is 6.95. The lowest BCUT2D eigenvalue weighted by Crippen LogP contribution is -2.58. The Labute approximate surface area is 233 Å². The molecule has 3 saturated heterocycles. The number of anilines is 2. The minimum atomic E-state index is -0.511. The number of hydrogen-bond acceptors (Lipinski definition) is 7. The van der Waals surface area contributed by atoms with E-state index >= 15 is 4.39 Å². The molecule has 3 fully saturated rings. The van der Waals surface area contributed by atoms with E-state index in [1.54, 1.807) is 12.1 Å². The van der Waals surface area contributed by atoms with Crippen LogP contribution < -0.4 is 15.1 Å². The van der Waals surface area contributed by atoms with Gasteiger partial charge in [0.05, 0.1) is 5.02 Å². The molecule has 2 aromatic carbocycles. The molecule has 0 aliphatic carbocycles. The number of benzene rings is 2. The zero-order chi connectivity index (χ0) is 27.3. The monoisotopic (exact) mass is 548 g/mol. The van der Waals surface area contributed by atoms with E-state index in [1.165, 1.54) is 12.2 Å². The van der Waals surface area contributed by atoms with Crippen molar-refractivity contribution in [2.24, 2.45) is 0 Å². The molecule has 0 saturated carbocycles. The summed E-state index contributed by atoms with van der Waals surface area (Å²) in [5, 5.41) is 14.9. The van der Waals surface area contributed by atoms with Gasteiger partial charge in [-0.25, -0.2) is 9.37 Å². The van der Waals surface area contributed by atoms with Crippen molar-refractivity contribution < 1.29 is 9.50 Å². The van der Waals surface area contributed by atoms with Crippen LogP contribution in [0.2, 0.25) is 5.02 Å². The van der Waals surface area contributed by atoms with Crippen LogP contribution in [0.3, 0.4) is 0 Å². The van der Waals surface area contributed by atoms with E-state index in [-0.39, 0.29) is 33.9 Å². The number of piperidine rings is 1. The van der Waals surface area contributed by atoms with E-state index in [9.17, 15) is 5.11 Å². The fourth-order valence-corrected chi connectivity index (χ4v) is 6.27. The number of aromatic nitrogens is 2. The van der Waals surface area contributed by atoms with E-state index in [0.717, 1.165) is 43.9 Å². The van der Waals surface area contributed by atoms with E-state index < -0.39 is 5.82 Å². The average molecular weight is 549 g/mol. The molecule has 1 aromatic heterocycles. The molecule has 9 heteroatoms. The number of aliphatic hydroxyl groups excluding tert-OH is 1. The minimum absolute atomic E-state index is 0.00145. The second-order valence-electron chi connectivity index (χ2n) is 11.2. The highest BCUT2D eigenvalue weighted by Gasteiger charge is 2.40. The summed E-state index contributed by atoms with van der Waals surface area (Å²) in [6.07, 6.45) is 6.64. The van der Waals surface area contributed by atoms with Gasteiger partial charge in [0.15, 0.2) is 5.82 Å². The Bertz CT molecular complexity index is 1440. The van der Waals surface area contributed by atoms with Crippen molar-refractivity contribution in [2.75, 3.05) is 43.5 Å². The Balaban J connectivity index is 1.43. The van der Waals surface area contributed by atoms with Gasteiger partial charge in [-0.3, -0.25) is 0 Å². The number of aliphatic hydroxyl groups is 1. The number of nitrogens with one attached hydrogen (secondary N) is 1. The molecule has 7 nitrogen and oxygen atoms in total. The maximum atomic E-state index is 16.2. The van der Waals surface area contributed by atoms with Gasteiger partial charge in [-0.15, -0.1) is 0 Å². The first-order chi connectivity index (χ1) is 18.8. The van der Waals surface area contributed by atoms with Gasteiger partial charge in [0, 0.05) is 54.8 Å². The summed E-state index contributed by atoms with van der Waals surface area (Å²) in [5.41, 5.74) is 1.28. The van der Waals surface area contributed by atoms with Crippen molar-refractivity contribution in [3.05, 3.63) is 70.2 Å². The summed E-state index contributed by atoms with van der Waals surface area (Å²) >= 11 is 6.68. The molecule has 39 heavy (non-hydrogen) atoms. The molecule has 4 heterocycles. The minimum Gasteiger partial charge on any atom is -0.508 e. The van der Waals surface area contributed by atoms with Gasteiger partial charge in [-0.2, -0.15) is 4.98 Å². The first kappa shape index (κ1) is 26.0. The molecule has 0 spiro atoms. The Morgan fingerprint density at radius 3 is 2.69 bits per heavy atom. The topological polar surface area (TPSA) is 67.8 Å². The molecule has 2 bridgehead atoms. The lowest BCUT2D eigenvalue weighted by molar-refractivity contribution is 0.245. The molecule has 6 rings (SSSR count). The van der Waals surface area contributed by atoms with Gasteiger partial charge in [0.1, 0.15) is 17.1 Å². The summed E-state index contributed by atoms with van der Waals surface area (Å²) < 4.78 is 16.2. The zero-order valence-corrected chi connectivity index (χ0v) is 23.2. The highest BCUT2D eigenvalue weighted by molar-refractivity contribution is 6.33. The zero-order valence-electron chi connectivity index (χ0n) is 22.5. The standard InChI is InChI=1S/C30H34ClFN6O/c1-18-11-20-13-21(15-33-20)38(18)29-25-14-26(31)24(10-9-23(39)12-19-7-5-4-6-8-19)27(32)28(25)34-30(35-29)37-16-22(17-37)36(2)3/h4-10,12,14,18,20-22,33,39H,11,13,15-17H2,1-3H3/b10-9+,23-12+. The molecule has 0 radical (unpaired) electrons. The van der Waals surface area contributed by atoms with Crippen LogP contribution in [0, 0.1) is 5.82 Å². The van der Waals surface area contributed by atoms with E-state index in [4.69, 9.17) is 21.6 Å². The maximum Gasteiger partial charge on any atom is 0.228 e. The SMILES string of the molecule is CC1CC2CC(CN2)N1c1nc(N2CC(N(C)C)C2)nc2c(F)c(/C=C/C(O)=C\c3ccccc3)c(Cl)cc12. The molecule has 3 aromatic rings. The van der Waals surface area contributed by atoms with E-state index in [0.29, 0.717) is 23.4 Å². The number of halogens is 2. The fraction of sp³-hybridized carbons (Fsp3) is 0.400. The van der Waals surface area contributed by atoms with Crippen LogP contribution in [0.1, 0.15) is 30.9 Å². The number of allylic oxidation sites excluding steroid dienone is 1. The predicted molar refractivity (Wildman–Crippen MR) is 157 cm³/mol. The fourth-order valence-electron chi connectivity index (χ4n) is 6.01. The first-order valence-electron chi connectivity index (χ1n) is 13.5. The quantitative estimate of drug-likeness (QED) is 0.327. The van der Waals surface area contributed by atoms with Crippen molar-refractivity contribution in [3.63, 3.8) is 0 Å². The van der Waals surface area contributed by atoms with Crippen LogP contribution in [0.25, 0.3) is 23.1 Å². The van der Waals surface area contributed by atoms with Gasteiger partial charge in [-0.1, -0.05) is 41.9 Å². The predicted octanol–water partition coefficient (Wildman–Crippen LogP) is 5.11. The largest absolute Gasteiger partial charge is 0.508 e. The molecule has 2 N–H and O–H groups in total. The highest BCUT2D eigenvalue weighted by atomic mass is 35.5. The van der Waals surface area contributed by atoms with Crippen LogP contribution in [-0.4, -0.2) is 77.9 Å². The molecule has 3 aliphatic rings. The Morgan fingerprint density at radius 1 is 1.18 bits per heavy atom. The summed E-state index contributed by atoms with van der Waals surface area (Å²) in [4.78, 5) is 16.4. The number of likely N-dealkylation sites (N-methyl/N-ethyl adjacent to an activating group) is 1. The van der Waals surface area contributed by atoms with Crippen LogP contribution >= 0.6 is 11.6 Å². The normalized spacial score (nSPS) is 23.8. The lowest BCUT2D eigenvalue weighted by atomic mass is 9.95. The average Bonchev–Trinajstić information content (AvgIpc) is 3.25. The van der Waals surface area contributed by atoms with Crippen LogP contribution in [0.15, 0.2) is 48.2 Å². The number of rotatable bonds is 6. The highest BCUT2D eigenvalue weighted by Crippen LogP contribution is 2.40. The second-order valence-corrected chi connectivity index (χ2v) is 11.6. The number of nitrogens with zero attached hydrogens (tertiary/aromatic N) is 5. The van der Waals surface area contributed by atoms with E-state index in [2.05, 4.69) is 41.0 Å². The van der Waals surface area contributed by atoms with Gasteiger partial charge in [0.25, 0.3) is 0 Å². The van der Waals surface area contributed by atoms with Crippen LogP contribution in [-0.2, 0) is 0 Å². The number of fused-ring (bicyclic) bond motifs is 3.